The van der Waals surface area contributed by atoms with E-state index in [-0.39, 0.29) is 12.5 Å². The minimum absolute atomic E-state index is 0.0453. The van der Waals surface area contributed by atoms with E-state index in [9.17, 15) is 9.18 Å². The van der Waals surface area contributed by atoms with Crippen molar-refractivity contribution in [3.63, 3.8) is 0 Å². The van der Waals surface area contributed by atoms with Gasteiger partial charge in [0.1, 0.15) is 5.82 Å². The Kier molecular flexibility index (Phi) is 3.03. The molecular weight excluding hydrogens is 209 g/mol. The molecule has 0 saturated heterocycles. The summed E-state index contributed by atoms with van der Waals surface area (Å²) in [6.45, 7) is 0.201. The summed E-state index contributed by atoms with van der Waals surface area (Å²) in [7, 11) is 1.72. The number of carbonyl (C=O) groups excluding carboxylic acids is 1. The molecule has 4 nitrogen and oxygen atoms in total. The van der Waals surface area contributed by atoms with Gasteiger partial charge in [0, 0.05) is 13.1 Å². The number of anilines is 1. The van der Waals surface area contributed by atoms with Gasteiger partial charge in [-0.1, -0.05) is 6.07 Å². The Labute approximate surface area is 93.5 Å². The molecule has 0 radical (unpaired) electrons. The molecule has 1 aliphatic carbocycles. The molecule has 5 heteroatoms. The topological polar surface area (TPSA) is 45.2 Å². The minimum atomic E-state index is -0.535. The molecule has 86 valence electrons. The molecule has 1 aromatic heterocycles. The second-order valence-corrected chi connectivity index (χ2v) is 4.02. The third kappa shape index (κ3) is 2.92. The lowest BCUT2D eigenvalue weighted by Crippen LogP contribution is -2.36. The second kappa shape index (κ2) is 4.47. The molecule has 16 heavy (non-hydrogen) atoms. The number of nitrogens with one attached hydrogen (secondary N) is 1. The van der Waals surface area contributed by atoms with Crippen molar-refractivity contribution in [3.05, 3.63) is 24.1 Å². The quantitative estimate of drug-likeness (QED) is 0.772. The Morgan fingerprint density at radius 2 is 2.38 bits per heavy atom. The van der Waals surface area contributed by atoms with E-state index in [1.54, 1.807) is 24.1 Å². The van der Waals surface area contributed by atoms with Crippen molar-refractivity contribution < 1.29 is 9.18 Å². The molecule has 1 aromatic rings. The summed E-state index contributed by atoms with van der Waals surface area (Å²) < 4.78 is 12.8. The number of hydrogen-bond donors (Lipinski definition) is 1. The fraction of sp³-hybridized carbons (Fsp3) is 0.455. The molecule has 1 heterocycles. The summed E-state index contributed by atoms with van der Waals surface area (Å²) in [5, 5.41) is 2.87. The maximum absolute atomic E-state index is 12.8. The van der Waals surface area contributed by atoms with Crippen LogP contribution in [0, 0.1) is 5.95 Å². The van der Waals surface area contributed by atoms with Crippen LogP contribution in [0.25, 0.3) is 0 Å². The zero-order chi connectivity index (χ0) is 11.5. The number of likely N-dealkylation sites (N-methyl/N-ethyl adjacent to an activating group) is 1. The van der Waals surface area contributed by atoms with Gasteiger partial charge in [0.15, 0.2) is 0 Å². The van der Waals surface area contributed by atoms with Gasteiger partial charge in [0.05, 0.1) is 6.54 Å². The zero-order valence-electron chi connectivity index (χ0n) is 9.11. The third-order valence-corrected chi connectivity index (χ3v) is 2.41. The molecule has 0 atom stereocenters. The molecule has 0 aromatic carbocycles. The molecule has 1 N–H and O–H groups in total. The Hall–Kier alpha value is -1.65. The van der Waals surface area contributed by atoms with Crippen LogP contribution in [0.15, 0.2) is 18.2 Å². The predicted octanol–water partition coefficient (Wildman–Crippen LogP) is 0.935. The van der Waals surface area contributed by atoms with Gasteiger partial charge >= 0.3 is 0 Å². The highest BCUT2D eigenvalue weighted by atomic mass is 19.1. The normalized spacial score (nSPS) is 14.6. The summed E-state index contributed by atoms with van der Waals surface area (Å²) >= 11 is 0. The first kappa shape index (κ1) is 10.9. The maximum Gasteiger partial charge on any atom is 0.239 e. The molecule has 1 amide bonds. The van der Waals surface area contributed by atoms with Crippen molar-refractivity contribution in [1.82, 2.24) is 10.3 Å². The van der Waals surface area contributed by atoms with E-state index >= 15 is 0 Å². The van der Waals surface area contributed by atoms with Crippen LogP contribution in [0.2, 0.25) is 0 Å². The molecule has 1 fully saturated rings. The van der Waals surface area contributed by atoms with E-state index < -0.39 is 5.95 Å². The summed E-state index contributed by atoms with van der Waals surface area (Å²) in [5.41, 5.74) is 0. The van der Waals surface area contributed by atoms with Crippen molar-refractivity contribution >= 4 is 11.7 Å². The fourth-order valence-corrected chi connectivity index (χ4v) is 1.41. The first-order chi connectivity index (χ1) is 7.65. The smallest absolute Gasteiger partial charge is 0.239 e. The SMILES string of the molecule is CN(CC(=O)NC1CC1)c1cccc(F)n1. The van der Waals surface area contributed by atoms with Gasteiger partial charge in [-0.2, -0.15) is 4.39 Å². The summed E-state index contributed by atoms with van der Waals surface area (Å²) in [4.78, 5) is 16.8. The summed E-state index contributed by atoms with van der Waals surface area (Å²) in [5.74, 6) is -0.117. The number of amides is 1. The summed E-state index contributed by atoms with van der Waals surface area (Å²) in [6, 6.07) is 4.88. The lowest BCUT2D eigenvalue weighted by molar-refractivity contribution is -0.119. The van der Waals surface area contributed by atoms with E-state index in [2.05, 4.69) is 10.3 Å². The minimum Gasteiger partial charge on any atom is -0.352 e. The van der Waals surface area contributed by atoms with Gasteiger partial charge in [-0.05, 0) is 25.0 Å². The van der Waals surface area contributed by atoms with E-state index in [0.29, 0.717) is 11.9 Å². The highest BCUT2D eigenvalue weighted by Crippen LogP contribution is 2.18. The number of pyridine rings is 1. The molecule has 0 bridgehead atoms. The maximum atomic E-state index is 12.8. The standard InChI is InChI=1S/C11H14FN3O/c1-15(7-11(16)13-8-5-6-8)10-4-2-3-9(12)14-10/h2-4,8H,5-7H2,1H3,(H,13,16). The van der Waals surface area contributed by atoms with Crippen molar-refractivity contribution in [1.29, 1.82) is 0 Å². The van der Waals surface area contributed by atoms with Crippen LogP contribution in [0.5, 0.6) is 0 Å². The Balaban J connectivity index is 1.91. The first-order valence-corrected chi connectivity index (χ1v) is 5.28. The predicted molar refractivity (Wildman–Crippen MR) is 58.6 cm³/mol. The highest BCUT2D eigenvalue weighted by molar-refractivity contribution is 5.81. The van der Waals surface area contributed by atoms with Gasteiger partial charge in [-0.25, -0.2) is 4.98 Å². The van der Waals surface area contributed by atoms with Gasteiger partial charge in [-0.15, -0.1) is 0 Å². The average Bonchev–Trinajstić information content (AvgIpc) is 3.01. The van der Waals surface area contributed by atoms with E-state index in [0.717, 1.165) is 12.8 Å². The average molecular weight is 223 g/mol. The van der Waals surface area contributed by atoms with Gasteiger partial charge in [0.2, 0.25) is 11.9 Å². The van der Waals surface area contributed by atoms with Crippen LogP contribution in [-0.2, 0) is 4.79 Å². The molecular formula is C11H14FN3O. The van der Waals surface area contributed by atoms with E-state index in [4.69, 9.17) is 0 Å². The van der Waals surface area contributed by atoms with Gasteiger partial charge in [0.25, 0.3) is 0 Å². The largest absolute Gasteiger partial charge is 0.352 e. The van der Waals surface area contributed by atoms with Crippen molar-refractivity contribution in [3.8, 4) is 0 Å². The Morgan fingerprint density at radius 3 is 3.00 bits per heavy atom. The molecule has 0 aliphatic heterocycles. The summed E-state index contributed by atoms with van der Waals surface area (Å²) in [6.07, 6.45) is 2.13. The highest BCUT2D eigenvalue weighted by Gasteiger charge is 2.23. The first-order valence-electron chi connectivity index (χ1n) is 5.28. The number of carbonyl (C=O) groups is 1. The molecule has 0 spiro atoms. The lowest BCUT2D eigenvalue weighted by Gasteiger charge is -2.17. The molecule has 1 aliphatic rings. The molecule has 2 rings (SSSR count). The van der Waals surface area contributed by atoms with Crippen LogP contribution >= 0.6 is 0 Å². The number of aromatic nitrogens is 1. The van der Waals surface area contributed by atoms with Crippen molar-refractivity contribution in [2.24, 2.45) is 0 Å². The van der Waals surface area contributed by atoms with Gasteiger partial charge < -0.3 is 10.2 Å². The van der Waals surface area contributed by atoms with Crippen LogP contribution in [0.3, 0.4) is 0 Å². The van der Waals surface area contributed by atoms with Crippen molar-refractivity contribution in [2.75, 3.05) is 18.5 Å². The number of nitrogens with zero attached hydrogens (tertiary/aromatic N) is 2. The van der Waals surface area contributed by atoms with Crippen molar-refractivity contribution in [2.45, 2.75) is 18.9 Å². The molecule has 0 unspecified atom stereocenters. The van der Waals surface area contributed by atoms with Crippen LogP contribution in [-0.4, -0.2) is 30.5 Å². The number of rotatable bonds is 4. The monoisotopic (exact) mass is 223 g/mol. The fourth-order valence-electron chi connectivity index (χ4n) is 1.41. The van der Waals surface area contributed by atoms with E-state index in [1.165, 1.54) is 6.07 Å². The van der Waals surface area contributed by atoms with Crippen LogP contribution in [0.1, 0.15) is 12.8 Å². The number of halogens is 1. The zero-order valence-corrected chi connectivity index (χ0v) is 9.11. The van der Waals surface area contributed by atoms with Crippen LogP contribution < -0.4 is 10.2 Å². The molecule has 1 saturated carbocycles. The van der Waals surface area contributed by atoms with E-state index in [1.807, 2.05) is 0 Å². The van der Waals surface area contributed by atoms with Gasteiger partial charge in [-0.3, -0.25) is 4.79 Å². The second-order valence-electron chi connectivity index (χ2n) is 4.02. The Morgan fingerprint density at radius 1 is 1.62 bits per heavy atom. The Bertz CT molecular complexity index is 393. The number of hydrogen-bond acceptors (Lipinski definition) is 3. The van der Waals surface area contributed by atoms with Crippen LogP contribution in [0.4, 0.5) is 10.2 Å². The third-order valence-electron chi connectivity index (χ3n) is 2.41. The lowest BCUT2D eigenvalue weighted by atomic mass is 10.4.